The van der Waals surface area contributed by atoms with Gasteiger partial charge in [0.15, 0.2) is 0 Å². The number of aliphatic imine (C=N–C) groups is 1. The van der Waals surface area contributed by atoms with E-state index >= 15 is 0 Å². The number of hydrazine groups is 1. The van der Waals surface area contributed by atoms with Crippen molar-refractivity contribution in [2.24, 2.45) is 10.9 Å². The predicted molar refractivity (Wildman–Crippen MR) is 71.6 cm³/mol. The molecule has 0 saturated carbocycles. The number of nitrogens with zero attached hydrogens (tertiary/aromatic N) is 2. The molecule has 0 aliphatic carbocycles. The van der Waals surface area contributed by atoms with Crippen LogP contribution in [0.5, 0.6) is 0 Å². The van der Waals surface area contributed by atoms with Crippen LogP contribution in [0.2, 0.25) is 0 Å². The smallest absolute Gasteiger partial charge is 0.261 e. The van der Waals surface area contributed by atoms with Gasteiger partial charge in [-0.1, -0.05) is 30.3 Å². The molecule has 0 bridgehead atoms. The highest BCUT2D eigenvalue weighted by Crippen LogP contribution is 2.30. The summed E-state index contributed by atoms with van der Waals surface area (Å²) in [6.45, 7) is 1.73. The summed E-state index contributed by atoms with van der Waals surface area (Å²) >= 11 is 0. The summed E-state index contributed by atoms with van der Waals surface area (Å²) in [7, 11) is 0. The van der Waals surface area contributed by atoms with E-state index in [4.69, 9.17) is 0 Å². The quantitative estimate of drug-likeness (QED) is 0.787. The molecule has 2 N–H and O–H groups in total. The molecule has 1 aromatic rings. The predicted octanol–water partition coefficient (Wildman–Crippen LogP) is -0.118. The number of fused-ring (bicyclic) bond motifs is 1. The van der Waals surface area contributed by atoms with Gasteiger partial charge in [-0.3, -0.25) is 20.0 Å². The van der Waals surface area contributed by atoms with Crippen LogP contribution in [0.4, 0.5) is 0 Å². The zero-order valence-corrected chi connectivity index (χ0v) is 11.0. The van der Waals surface area contributed by atoms with Crippen molar-refractivity contribution in [1.82, 2.24) is 10.4 Å². The third-order valence-electron chi connectivity index (χ3n) is 3.61. The molecule has 3 rings (SSSR count). The number of benzene rings is 1. The molecule has 0 aromatic heterocycles. The van der Waals surface area contributed by atoms with E-state index in [1.54, 1.807) is 6.92 Å². The van der Waals surface area contributed by atoms with Crippen molar-refractivity contribution < 1.29 is 14.7 Å². The molecular formula is C14H15N3O3. The average Bonchev–Trinajstić information content (AvgIpc) is 2.90. The molecule has 2 aliphatic heterocycles. The first kappa shape index (κ1) is 12.8. The van der Waals surface area contributed by atoms with E-state index in [0.29, 0.717) is 5.84 Å². The van der Waals surface area contributed by atoms with Crippen LogP contribution in [0.15, 0.2) is 35.3 Å². The van der Waals surface area contributed by atoms with Gasteiger partial charge >= 0.3 is 0 Å². The summed E-state index contributed by atoms with van der Waals surface area (Å²) in [4.78, 5) is 28.5. The highest BCUT2D eigenvalue weighted by molar-refractivity contribution is 6.15. The summed E-state index contributed by atoms with van der Waals surface area (Å²) in [6.07, 6.45) is 0.127. The van der Waals surface area contributed by atoms with E-state index in [1.807, 2.05) is 30.3 Å². The van der Waals surface area contributed by atoms with Crippen LogP contribution in [0.1, 0.15) is 12.5 Å². The van der Waals surface area contributed by atoms with Gasteiger partial charge in [0, 0.05) is 0 Å². The van der Waals surface area contributed by atoms with Gasteiger partial charge in [0.2, 0.25) is 0 Å². The highest BCUT2D eigenvalue weighted by atomic mass is 16.3. The number of hydrogen-bond donors (Lipinski definition) is 2. The van der Waals surface area contributed by atoms with E-state index in [9.17, 15) is 14.7 Å². The molecule has 2 heterocycles. The summed E-state index contributed by atoms with van der Waals surface area (Å²) in [5, 5.41) is 11.1. The summed E-state index contributed by atoms with van der Waals surface area (Å²) < 4.78 is 0. The van der Waals surface area contributed by atoms with Crippen molar-refractivity contribution >= 4 is 17.6 Å². The van der Waals surface area contributed by atoms with Gasteiger partial charge in [-0.05, 0) is 12.5 Å². The van der Waals surface area contributed by atoms with E-state index in [1.165, 1.54) is 0 Å². The fourth-order valence-electron chi connectivity index (χ4n) is 2.54. The average molecular weight is 273 g/mol. The summed E-state index contributed by atoms with van der Waals surface area (Å²) in [6, 6.07) is 9.19. The number of amidine groups is 1. The van der Waals surface area contributed by atoms with Crippen molar-refractivity contribution in [3.05, 3.63) is 35.9 Å². The Morgan fingerprint density at radius 1 is 1.50 bits per heavy atom. The Labute approximate surface area is 116 Å². The highest BCUT2D eigenvalue weighted by Gasteiger charge is 2.53. The fraction of sp³-hybridized carbons (Fsp3) is 0.357. The molecule has 6 heteroatoms. The van der Waals surface area contributed by atoms with Crippen molar-refractivity contribution in [1.29, 1.82) is 0 Å². The SMILES string of the molecule is CC1(O)CN=C2NN(C(=O)Cc3ccccc3)C(=O)C21. The van der Waals surface area contributed by atoms with Crippen LogP contribution in [0, 0.1) is 5.92 Å². The van der Waals surface area contributed by atoms with Gasteiger partial charge in [-0.2, -0.15) is 5.01 Å². The minimum atomic E-state index is -1.22. The second-order valence-electron chi connectivity index (χ2n) is 5.33. The molecule has 2 atom stereocenters. The molecule has 0 spiro atoms. The molecule has 1 fully saturated rings. The Hall–Kier alpha value is -2.21. The minimum absolute atomic E-state index is 0.127. The maximum absolute atomic E-state index is 12.2. The van der Waals surface area contributed by atoms with Gasteiger partial charge in [0.05, 0.1) is 13.0 Å². The number of carbonyl (C=O) groups is 2. The number of rotatable bonds is 2. The van der Waals surface area contributed by atoms with Crippen molar-refractivity contribution in [3.8, 4) is 0 Å². The third-order valence-corrected chi connectivity index (χ3v) is 3.61. The Morgan fingerprint density at radius 3 is 2.85 bits per heavy atom. The normalized spacial score (nSPS) is 28.1. The lowest BCUT2D eigenvalue weighted by molar-refractivity contribution is -0.148. The Balaban J connectivity index is 1.76. The number of carbonyl (C=O) groups excluding carboxylic acids is 2. The standard InChI is InChI=1S/C14H15N3O3/c1-14(20)8-15-12-11(14)13(19)17(16-12)10(18)7-9-5-3-2-4-6-9/h2-6,11,20H,7-8H2,1H3,(H,15,16). The monoisotopic (exact) mass is 273 g/mol. The van der Waals surface area contributed by atoms with Crippen LogP contribution >= 0.6 is 0 Å². The molecule has 2 aliphatic rings. The number of imide groups is 1. The van der Waals surface area contributed by atoms with Crippen LogP contribution in [0.3, 0.4) is 0 Å². The Bertz CT molecular complexity index is 595. The van der Waals surface area contributed by atoms with Crippen molar-refractivity contribution in [2.75, 3.05) is 6.54 Å². The van der Waals surface area contributed by atoms with Crippen LogP contribution in [0.25, 0.3) is 0 Å². The van der Waals surface area contributed by atoms with Gasteiger partial charge in [-0.15, -0.1) is 0 Å². The molecular weight excluding hydrogens is 258 g/mol. The summed E-state index contributed by atoms with van der Waals surface area (Å²) in [5.41, 5.74) is 2.31. The van der Waals surface area contributed by atoms with E-state index in [-0.39, 0.29) is 18.9 Å². The molecule has 0 radical (unpaired) electrons. The third kappa shape index (κ3) is 1.98. The molecule has 2 unspecified atom stereocenters. The largest absolute Gasteiger partial charge is 0.387 e. The van der Waals surface area contributed by atoms with Crippen LogP contribution < -0.4 is 5.43 Å². The Morgan fingerprint density at radius 2 is 2.20 bits per heavy atom. The van der Waals surface area contributed by atoms with Crippen molar-refractivity contribution in [2.45, 2.75) is 18.9 Å². The molecule has 6 nitrogen and oxygen atoms in total. The molecule has 104 valence electrons. The minimum Gasteiger partial charge on any atom is -0.387 e. The number of nitrogens with one attached hydrogen (secondary N) is 1. The van der Waals surface area contributed by atoms with E-state index in [0.717, 1.165) is 10.6 Å². The zero-order chi connectivity index (χ0) is 14.3. The first-order valence-corrected chi connectivity index (χ1v) is 6.43. The van der Waals surface area contributed by atoms with Gasteiger partial charge in [-0.25, -0.2) is 0 Å². The second-order valence-corrected chi connectivity index (χ2v) is 5.33. The van der Waals surface area contributed by atoms with Crippen molar-refractivity contribution in [3.63, 3.8) is 0 Å². The first-order chi connectivity index (χ1) is 9.49. The second kappa shape index (κ2) is 4.42. The Kier molecular flexibility index (Phi) is 2.83. The molecule has 2 amide bonds. The lowest BCUT2D eigenvalue weighted by atomic mass is 9.91. The van der Waals surface area contributed by atoms with Gasteiger partial charge in [0.25, 0.3) is 11.8 Å². The molecule has 1 aromatic carbocycles. The van der Waals surface area contributed by atoms with Crippen LogP contribution in [-0.4, -0.2) is 39.9 Å². The topological polar surface area (TPSA) is 82.0 Å². The zero-order valence-electron chi connectivity index (χ0n) is 11.0. The van der Waals surface area contributed by atoms with Gasteiger partial charge < -0.3 is 5.11 Å². The maximum Gasteiger partial charge on any atom is 0.261 e. The van der Waals surface area contributed by atoms with Gasteiger partial charge in [0.1, 0.15) is 17.4 Å². The molecule has 1 saturated heterocycles. The number of hydrogen-bond acceptors (Lipinski definition) is 5. The lowest BCUT2D eigenvalue weighted by Crippen LogP contribution is -2.45. The maximum atomic E-state index is 12.2. The lowest BCUT2D eigenvalue weighted by Gasteiger charge is -2.21. The van der Waals surface area contributed by atoms with E-state index in [2.05, 4.69) is 10.4 Å². The molecule has 20 heavy (non-hydrogen) atoms. The summed E-state index contributed by atoms with van der Waals surface area (Å²) in [5.74, 6) is -1.18. The van der Waals surface area contributed by atoms with Crippen LogP contribution in [-0.2, 0) is 16.0 Å². The number of aliphatic hydroxyl groups is 1. The fourth-order valence-corrected chi connectivity index (χ4v) is 2.54. The van der Waals surface area contributed by atoms with E-state index < -0.39 is 17.4 Å². The number of amides is 2. The first-order valence-electron chi connectivity index (χ1n) is 6.43.